The van der Waals surface area contributed by atoms with Gasteiger partial charge in [0.05, 0.1) is 18.8 Å². The van der Waals surface area contributed by atoms with E-state index >= 15 is 0 Å². The van der Waals surface area contributed by atoms with Crippen LogP contribution >= 0.6 is 0 Å². The molecule has 2 fully saturated rings. The van der Waals surface area contributed by atoms with Gasteiger partial charge in [-0.2, -0.15) is 0 Å². The summed E-state index contributed by atoms with van der Waals surface area (Å²) in [5.74, 6) is 0.466. The normalized spacial score (nSPS) is 23.0. The Morgan fingerprint density at radius 1 is 1.10 bits per heavy atom. The Hall–Kier alpha value is -2.77. The van der Waals surface area contributed by atoms with Gasteiger partial charge in [0.15, 0.2) is 0 Å². The minimum absolute atomic E-state index is 0.0524. The van der Waals surface area contributed by atoms with Crippen LogP contribution in [0.4, 0.5) is 0 Å². The summed E-state index contributed by atoms with van der Waals surface area (Å²) in [5, 5.41) is 0. The van der Waals surface area contributed by atoms with Gasteiger partial charge in [0.1, 0.15) is 5.69 Å². The Morgan fingerprint density at radius 2 is 1.93 bits per heavy atom. The average Bonchev–Trinajstić information content (AvgIpc) is 3.43. The molecular formula is C22H25N5O2. The molecule has 5 rings (SSSR count). The van der Waals surface area contributed by atoms with Crippen molar-refractivity contribution in [3.63, 3.8) is 0 Å². The van der Waals surface area contributed by atoms with Crippen LogP contribution in [0.2, 0.25) is 0 Å². The second kappa shape index (κ2) is 7.93. The first-order valence-corrected chi connectivity index (χ1v) is 10.3. The lowest BCUT2D eigenvalue weighted by Gasteiger charge is -2.42. The number of rotatable bonds is 4. The monoisotopic (exact) mass is 391 g/mol. The molecule has 0 bridgehead atoms. The predicted octanol–water partition coefficient (Wildman–Crippen LogP) is 2.41. The number of ether oxygens (including phenoxy) is 1. The van der Waals surface area contributed by atoms with E-state index < -0.39 is 0 Å². The van der Waals surface area contributed by atoms with E-state index in [-0.39, 0.29) is 18.1 Å². The number of aromatic nitrogens is 3. The highest BCUT2D eigenvalue weighted by Crippen LogP contribution is 2.32. The minimum Gasteiger partial charge on any atom is -0.373 e. The zero-order valence-electron chi connectivity index (χ0n) is 16.4. The molecule has 2 aliphatic rings. The molecule has 2 aliphatic heterocycles. The first-order valence-electron chi connectivity index (χ1n) is 10.3. The van der Waals surface area contributed by atoms with Gasteiger partial charge in [-0.15, -0.1) is 0 Å². The number of hydrogen-bond acceptors (Lipinski definition) is 5. The van der Waals surface area contributed by atoms with E-state index in [0.717, 1.165) is 25.2 Å². The second-order valence-electron chi connectivity index (χ2n) is 7.72. The molecule has 0 unspecified atom stereocenters. The molecule has 3 aromatic rings. The van der Waals surface area contributed by atoms with Crippen LogP contribution in [0.1, 0.15) is 34.9 Å². The van der Waals surface area contributed by atoms with Crippen molar-refractivity contribution in [1.82, 2.24) is 24.2 Å². The Morgan fingerprint density at radius 3 is 2.72 bits per heavy atom. The van der Waals surface area contributed by atoms with Crippen LogP contribution in [0.3, 0.4) is 0 Å². The molecule has 1 amide bonds. The Balaban J connectivity index is 1.47. The summed E-state index contributed by atoms with van der Waals surface area (Å²) in [5.41, 5.74) is 1.53. The number of morpholine rings is 1. The summed E-state index contributed by atoms with van der Waals surface area (Å²) in [4.78, 5) is 26.6. The summed E-state index contributed by atoms with van der Waals surface area (Å²) in [6.07, 6.45) is 7.72. The maximum Gasteiger partial charge on any atom is 0.274 e. The molecule has 2 atom stereocenters. The van der Waals surface area contributed by atoms with Crippen molar-refractivity contribution in [2.24, 2.45) is 0 Å². The summed E-state index contributed by atoms with van der Waals surface area (Å²) in [6.45, 7) is 4.15. The van der Waals surface area contributed by atoms with Crippen LogP contribution in [-0.4, -0.2) is 69.0 Å². The number of carbonyl (C=O) groups is 1. The van der Waals surface area contributed by atoms with E-state index in [9.17, 15) is 4.79 Å². The summed E-state index contributed by atoms with van der Waals surface area (Å²) in [6, 6.07) is 11.9. The van der Waals surface area contributed by atoms with Crippen LogP contribution in [0.25, 0.3) is 5.78 Å². The zero-order chi connectivity index (χ0) is 19.6. The molecule has 4 heterocycles. The van der Waals surface area contributed by atoms with Crippen LogP contribution in [0.15, 0.2) is 55.0 Å². The van der Waals surface area contributed by atoms with Crippen LogP contribution in [0, 0.1) is 0 Å². The smallest absolute Gasteiger partial charge is 0.274 e. The molecule has 150 valence electrons. The third-order valence-electron chi connectivity index (χ3n) is 5.85. The van der Waals surface area contributed by atoms with E-state index in [1.54, 1.807) is 16.8 Å². The molecule has 0 N–H and O–H groups in total. The molecule has 2 aromatic heterocycles. The van der Waals surface area contributed by atoms with Crippen molar-refractivity contribution >= 4 is 11.7 Å². The third kappa shape index (κ3) is 3.63. The molecule has 7 heteroatoms. The van der Waals surface area contributed by atoms with E-state index in [1.807, 2.05) is 35.4 Å². The maximum atomic E-state index is 13.5. The Kier molecular flexibility index (Phi) is 4.99. The fourth-order valence-electron chi connectivity index (χ4n) is 4.46. The first-order chi connectivity index (χ1) is 14.3. The Labute approximate surface area is 169 Å². The molecule has 29 heavy (non-hydrogen) atoms. The van der Waals surface area contributed by atoms with Gasteiger partial charge in [0.2, 0.25) is 5.78 Å². The fraction of sp³-hybridized carbons (Fsp3) is 0.409. The molecular weight excluding hydrogens is 366 g/mol. The second-order valence-corrected chi connectivity index (χ2v) is 7.72. The molecule has 0 spiro atoms. The number of nitrogens with zero attached hydrogens (tertiary/aromatic N) is 5. The van der Waals surface area contributed by atoms with Crippen molar-refractivity contribution in [3.05, 3.63) is 66.2 Å². The first kappa shape index (κ1) is 18.3. The summed E-state index contributed by atoms with van der Waals surface area (Å²) < 4.78 is 7.99. The molecule has 0 saturated carbocycles. The van der Waals surface area contributed by atoms with Gasteiger partial charge in [-0.3, -0.25) is 9.20 Å². The maximum absolute atomic E-state index is 13.5. The molecule has 0 aliphatic carbocycles. The van der Waals surface area contributed by atoms with Gasteiger partial charge in [0, 0.05) is 31.7 Å². The highest BCUT2D eigenvalue weighted by molar-refractivity contribution is 5.93. The van der Waals surface area contributed by atoms with Gasteiger partial charge in [-0.05, 0) is 37.6 Å². The van der Waals surface area contributed by atoms with Crippen LogP contribution in [-0.2, 0) is 4.74 Å². The third-order valence-corrected chi connectivity index (χ3v) is 5.85. The van der Waals surface area contributed by atoms with Gasteiger partial charge in [-0.25, -0.2) is 9.97 Å². The van der Waals surface area contributed by atoms with Crippen molar-refractivity contribution in [1.29, 1.82) is 0 Å². The molecule has 0 radical (unpaired) electrons. The standard InChI is InChI=1S/C22H25N5O2/c28-21(18-15-26-12-6-9-23-22(26)24-18)27-13-14-29-19(16-25-10-4-5-11-25)20(27)17-7-2-1-3-8-17/h1-3,6-9,12,15,19-20H,4-5,10-11,13-14,16H2/t19-,20-/m0/s1. The van der Waals surface area contributed by atoms with Gasteiger partial charge < -0.3 is 14.5 Å². The SMILES string of the molecule is O=C(c1cn2cccnc2n1)N1CCO[C@@H](CN2CCCC2)[C@@H]1c1ccccc1. The molecule has 7 nitrogen and oxygen atoms in total. The summed E-state index contributed by atoms with van der Waals surface area (Å²) >= 11 is 0. The van der Waals surface area contributed by atoms with Crippen molar-refractivity contribution < 1.29 is 9.53 Å². The quantitative estimate of drug-likeness (QED) is 0.683. The minimum atomic E-state index is -0.129. The lowest BCUT2D eigenvalue weighted by Crippen LogP contribution is -2.51. The van der Waals surface area contributed by atoms with Crippen molar-refractivity contribution in [3.8, 4) is 0 Å². The molecule has 2 saturated heterocycles. The van der Waals surface area contributed by atoms with Crippen LogP contribution in [0.5, 0.6) is 0 Å². The number of fused-ring (bicyclic) bond motifs is 1. The average molecular weight is 391 g/mol. The predicted molar refractivity (Wildman–Crippen MR) is 109 cm³/mol. The number of benzene rings is 1. The number of hydrogen-bond donors (Lipinski definition) is 0. The van der Waals surface area contributed by atoms with Crippen LogP contribution < -0.4 is 0 Å². The Bertz CT molecular complexity index is 950. The van der Waals surface area contributed by atoms with Crippen molar-refractivity contribution in [2.45, 2.75) is 25.0 Å². The number of amides is 1. The lowest BCUT2D eigenvalue weighted by molar-refractivity contribution is -0.0708. The number of imidazole rings is 1. The van der Waals surface area contributed by atoms with Gasteiger partial charge in [0.25, 0.3) is 5.91 Å². The van der Waals surface area contributed by atoms with E-state index in [0.29, 0.717) is 24.6 Å². The number of carbonyl (C=O) groups excluding carboxylic acids is 1. The van der Waals surface area contributed by atoms with Gasteiger partial charge in [-0.1, -0.05) is 30.3 Å². The van der Waals surface area contributed by atoms with E-state index in [4.69, 9.17) is 4.74 Å². The largest absolute Gasteiger partial charge is 0.373 e. The van der Waals surface area contributed by atoms with E-state index in [1.165, 1.54) is 12.8 Å². The van der Waals surface area contributed by atoms with Crippen molar-refractivity contribution in [2.75, 3.05) is 32.8 Å². The highest BCUT2D eigenvalue weighted by atomic mass is 16.5. The summed E-state index contributed by atoms with van der Waals surface area (Å²) in [7, 11) is 0. The lowest BCUT2D eigenvalue weighted by atomic mass is 9.97. The highest BCUT2D eigenvalue weighted by Gasteiger charge is 2.38. The van der Waals surface area contributed by atoms with E-state index in [2.05, 4.69) is 27.0 Å². The number of likely N-dealkylation sites (tertiary alicyclic amines) is 1. The molecule has 1 aromatic carbocycles. The zero-order valence-corrected chi connectivity index (χ0v) is 16.4. The topological polar surface area (TPSA) is 63.0 Å². The van der Waals surface area contributed by atoms with Gasteiger partial charge >= 0.3 is 0 Å². The fourth-order valence-corrected chi connectivity index (χ4v) is 4.46.